The van der Waals surface area contributed by atoms with Crippen LogP contribution in [0.4, 0.5) is 29.3 Å². The summed E-state index contributed by atoms with van der Waals surface area (Å²) in [6, 6.07) is 7.72. The fourth-order valence-corrected chi connectivity index (χ4v) is 4.69. The molecule has 1 fully saturated rings. The molecule has 2 N–H and O–H groups in total. The Morgan fingerprint density at radius 1 is 1.10 bits per heavy atom. The van der Waals surface area contributed by atoms with E-state index in [1.165, 1.54) is 6.92 Å². The summed E-state index contributed by atoms with van der Waals surface area (Å²) < 4.78 is 70.2. The standard InChI is InChI=1S/C19H22F3N3O4S/c1-12-5-3-4-6-15(12)23-18(26)24-16-11-17(29-13(16)2)30(27,28)25-9-7-14(8-10-25)19(20,21)22/h3-6,11,14H,7-10H2,1-2H3,(H2,23,24,26). The summed E-state index contributed by atoms with van der Waals surface area (Å²) >= 11 is 0. The third-order valence-corrected chi connectivity index (χ3v) is 6.80. The molecule has 2 aromatic rings. The van der Waals surface area contributed by atoms with E-state index in [1.54, 1.807) is 12.1 Å². The van der Waals surface area contributed by atoms with Crippen molar-refractivity contribution in [2.75, 3.05) is 23.7 Å². The number of hydrogen-bond donors (Lipinski definition) is 2. The number of aryl methyl sites for hydroxylation is 2. The van der Waals surface area contributed by atoms with Gasteiger partial charge in [-0.25, -0.2) is 13.2 Å². The largest absolute Gasteiger partial charge is 0.446 e. The molecule has 164 valence electrons. The first-order chi connectivity index (χ1) is 14.0. The maximum absolute atomic E-state index is 12.8. The van der Waals surface area contributed by atoms with Crippen molar-refractivity contribution in [3.63, 3.8) is 0 Å². The summed E-state index contributed by atoms with van der Waals surface area (Å²) in [5, 5.41) is 4.77. The second-order valence-electron chi connectivity index (χ2n) is 7.15. The van der Waals surface area contributed by atoms with Gasteiger partial charge in [-0.1, -0.05) is 18.2 Å². The van der Waals surface area contributed by atoms with Gasteiger partial charge in [-0.3, -0.25) is 0 Å². The third-order valence-electron chi connectivity index (χ3n) is 5.05. The first-order valence-electron chi connectivity index (χ1n) is 9.29. The molecule has 1 aromatic heterocycles. The minimum atomic E-state index is -4.33. The van der Waals surface area contributed by atoms with Gasteiger partial charge in [0.1, 0.15) is 5.76 Å². The molecule has 3 rings (SSSR count). The Balaban J connectivity index is 1.69. The fourth-order valence-electron chi connectivity index (χ4n) is 3.25. The molecule has 0 atom stereocenters. The van der Waals surface area contributed by atoms with E-state index < -0.39 is 33.2 Å². The number of furan rings is 1. The maximum atomic E-state index is 12.8. The predicted octanol–water partition coefficient (Wildman–Crippen LogP) is 4.50. The normalized spacial score (nSPS) is 16.4. The lowest BCUT2D eigenvalue weighted by molar-refractivity contribution is -0.182. The number of sulfonamides is 1. The number of hydrogen-bond acceptors (Lipinski definition) is 4. The predicted molar refractivity (Wildman–Crippen MR) is 105 cm³/mol. The molecule has 1 saturated heterocycles. The Morgan fingerprint density at radius 2 is 1.70 bits per heavy atom. The number of anilines is 2. The number of carbonyl (C=O) groups is 1. The van der Waals surface area contributed by atoms with Crippen molar-refractivity contribution in [3.05, 3.63) is 41.7 Å². The number of para-hydroxylation sites is 1. The number of nitrogens with zero attached hydrogens (tertiary/aromatic N) is 1. The molecular weight excluding hydrogens is 423 g/mol. The lowest BCUT2D eigenvalue weighted by Gasteiger charge is -2.31. The number of urea groups is 1. The zero-order valence-corrected chi connectivity index (χ0v) is 17.2. The van der Waals surface area contributed by atoms with Crippen LogP contribution in [0.1, 0.15) is 24.2 Å². The van der Waals surface area contributed by atoms with E-state index in [-0.39, 0.29) is 37.4 Å². The quantitative estimate of drug-likeness (QED) is 0.725. The Bertz CT molecular complexity index is 1030. The van der Waals surface area contributed by atoms with Crippen LogP contribution >= 0.6 is 0 Å². The second kappa shape index (κ2) is 8.31. The van der Waals surface area contributed by atoms with Crippen molar-refractivity contribution in [2.24, 2.45) is 5.92 Å². The number of piperidine rings is 1. The molecule has 0 bridgehead atoms. The number of benzene rings is 1. The van der Waals surface area contributed by atoms with E-state index in [2.05, 4.69) is 10.6 Å². The van der Waals surface area contributed by atoms with Crippen LogP contribution in [0.25, 0.3) is 0 Å². The highest BCUT2D eigenvalue weighted by molar-refractivity contribution is 7.89. The molecule has 2 amide bonds. The lowest BCUT2D eigenvalue weighted by atomic mass is 9.98. The zero-order chi connectivity index (χ0) is 22.1. The van der Waals surface area contributed by atoms with Crippen molar-refractivity contribution in [2.45, 2.75) is 38.0 Å². The molecule has 1 aliphatic rings. The first kappa shape index (κ1) is 22.2. The topological polar surface area (TPSA) is 91.7 Å². The van der Waals surface area contributed by atoms with Crippen molar-refractivity contribution in [1.29, 1.82) is 0 Å². The van der Waals surface area contributed by atoms with E-state index >= 15 is 0 Å². The smallest absolute Gasteiger partial charge is 0.391 e. The van der Waals surface area contributed by atoms with Crippen LogP contribution in [0.2, 0.25) is 0 Å². The number of amides is 2. The summed E-state index contributed by atoms with van der Waals surface area (Å²) in [4.78, 5) is 12.2. The number of nitrogens with one attached hydrogen (secondary N) is 2. The minimum absolute atomic E-state index is 0.157. The minimum Gasteiger partial charge on any atom is -0.446 e. The molecule has 2 heterocycles. The average molecular weight is 445 g/mol. The van der Waals surface area contributed by atoms with Crippen LogP contribution in [0.5, 0.6) is 0 Å². The van der Waals surface area contributed by atoms with Gasteiger partial charge in [0.2, 0.25) is 5.09 Å². The van der Waals surface area contributed by atoms with Crippen LogP contribution < -0.4 is 10.6 Å². The summed E-state index contributed by atoms with van der Waals surface area (Å²) in [6.07, 6.45) is -4.93. The number of carbonyl (C=O) groups excluding carboxylic acids is 1. The van der Waals surface area contributed by atoms with Crippen LogP contribution in [-0.2, 0) is 10.0 Å². The van der Waals surface area contributed by atoms with Gasteiger partial charge in [0.15, 0.2) is 0 Å². The number of rotatable bonds is 4. The summed E-state index contributed by atoms with van der Waals surface area (Å²) in [5.41, 5.74) is 1.60. The van der Waals surface area contributed by atoms with Gasteiger partial charge in [-0.2, -0.15) is 17.5 Å². The van der Waals surface area contributed by atoms with Crippen molar-refractivity contribution >= 4 is 27.4 Å². The van der Waals surface area contributed by atoms with Gasteiger partial charge in [-0.05, 0) is 38.3 Å². The average Bonchev–Trinajstić information content (AvgIpc) is 3.04. The molecule has 0 saturated carbocycles. The number of halogens is 3. The van der Waals surface area contributed by atoms with Gasteiger partial charge in [0.05, 0.1) is 11.6 Å². The molecule has 30 heavy (non-hydrogen) atoms. The van der Waals surface area contributed by atoms with Gasteiger partial charge >= 0.3 is 12.2 Å². The van der Waals surface area contributed by atoms with Gasteiger partial charge in [0.25, 0.3) is 10.0 Å². The molecule has 11 heteroatoms. The van der Waals surface area contributed by atoms with Crippen molar-refractivity contribution < 1.29 is 30.8 Å². The fraction of sp³-hybridized carbons (Fsp3) is 0.421. The molecule has 7 nitrogen and oxygen atoms in total. The monoisotopic (exact) mass is 445 g/mol. The van der Waals surface area contributed by atoms with Crippen LogP contribution in [0.3, 0.4) is 0 Å². The summed E-state index contributed by atoms with van der Waals surface area (Å²) in [5.74, 6) is -1.34. The molecule has 0 spiro atoms. The zero-order valence-electron chi connectivity index (χ0n) is 16.4. The Kier molecular flexibility index (Phi) is 6.14. The Labute approximate surface area is 172 Å². The molecular formula is C19H22F3N3O4S. The molecule has 1 aromatic carbocycles. The first-order valence-corrected chi connectivity index (χ1v) is 10.7. The maximum Gasteiger partial charge on any atom is 0.391 e. The van der Waals surface area contributed by atoms with Crippen LogP contribution in [0.15, 0.2) is 39.8 Å². The van der Waals surface area contributed by atoms with E-state index in [0.29, 0.717) is 5.69 Å². The van der Waals surface area contributed by atoms with Gasteiger partial charge < -0.3 is 15.1 Å². The Hall–Kier alpha value is -2.53. The van der Waals surface area contributed by atoms with Crippen LogP contribution in [-0.4, -0.2) is 38.0 Å². The summed E-state index contributed by atoms with van der Waals surface area (Å²) in [7, 11) is -4.11. The lowest BCUT2D eigenvalue weighted by Crippen LogP contribution is -2.41. The van der Waals surface area contributed by atoms with Crippen molar-refractivity contribution in [1.82, 2.24) is 4.31 Å². The van der Waals surface area contributed by atoms with E-state index in [4.69, 9.17) is 4.42 Å². The van der Waals surface area contributed by atoms with E-state index in [1.807, 2.05) is 19.1 Å². The molecule has 0 aliphatic carbocycles. The molecule has 0 radical (unpaired) electrons. The third kappa shape index (κ3) is 4.78. The summed E-state index contributed by atoms with van der Waals surface area (Å²) in [6.45, 7) is 2.81. The Morgan fingerprint density at radius 3 is 2.30 bits per heavy atom. The molecule has 0 unspecified atom stereocenters. The van der Waals surface area contributed by atoms with Crippen molar-refractivity contribution in [3.8, 4) is 0 Å². The number of alkyl halides is 3. The molecule has 1 aliphatic heterocycles. The highest BCUT2D eigenvalue weighted by Gasteiger charge is 2.43. The highest BCUT2D eigenvalue weighted by Crippen LogP contribution is 2.36. The SMILES string of the molecule is Cc1ccccc1NC(=O)Nc1cc(S(=O)(=O)N2CCC(C(F)(F)F)CC2)oc1C. The van der Waals surface area contributed by atoms with E-state index in [9.17, 15) is 26.4 Å². The van der Waals surface area contributed by atoms with Gasteiger partial charge in [0, 0.05) is 24.8 Å². The van der Waals surface area contributed by atoms with Gasteiger partial charge in [-0.15, -0.1) is 0 Å². The van der Waals surface area contributed by atoms with Crippen LogP contribution in [0, 0.1) is 19.8 Å². The second-order valence-corrected chi connectivity index (χ2v) is 9.02. The highest BCUT2D eigenvalue weighted by atomic mass is 32.2. The van der Waals surface area contributed by atoms with E-state index in [0.717, 1.165) is 15.9 Å².